The summed E-state index contributed by atoms with van der Waals surface area (Å²) in [6.07, 6.45) is -0.535. The molecule has 0 unspecified atom stereocenters. The lowest BCUT2D eigenvalue weighted by Crippen LogP contribution is -2.42. The van der Waals surface area contributed by atoms with Crippen molar-refractivity contribution in [3.63, 3.8) is 0 Å². The van der Waals surface area contributed by atoms with Crippen LogP contribution in [-0.4, -0.2) is 32.4 Å². The molecule has 0 radical (unpaired) electrons. The van der Waals surface area contributed by atoms with E-state index in [-0.39, 0.29) is 17.2 Å². The van der Waals surface area contributed by atoms with E-state index in [9.17, 15) is 13.2 Å². The van der Waals surface area contributed by atoms with Crippen molar-refractivity contribution in [1.82, 2.24) is 0 Å². The zero-order chi connectivity index (χ0) is 15.1. The van der Waals surface area contributed by atoms with Crippen LogP contribution in [0.25, 0.3) is 0 Å². The second-order valence-electron chi connectivity index (χ2n) is 5.56. The van der Waals surface area contributed by atoms with Gasteiger partial charge < -0.3 is 4.74 Å². The molecule has 0 fully saturated rings. The van der Waals surface area contributed by atoms with Gasteiger partial charge in [0.2, 0.25) is 0 Å². The van der Waals surface area contributed by atoms with Crippen molar-refractivity contribution in [1.29, 1.82) is 0 Å². The number of carbonyl (C=O) groups excluding carboxylic acids is 1. The summed E-state index contributed by atoms with van der Waals surface area (Å²) < 4.78 is 30.1. The van der Waals surface area contributed by atoms with E-state index in [2.05, 4.69) is 15.9 Å². The van der Waals surface area contributed by atoms with Crippen molar-refractivity contribution in [2.24, 2.45) is 0 Å². The van der Waals surface area contributed by atoms with E-state index in [1.54, 1.807) is 32.9 Å². The van der Waals surface area contributed by atoms with Gasteiger partial charge in [-0.15, -0.1) is 0 Å². The number of rotatable bonds is 0. The van der Waals surface area contributed by atoms with Crippen molar-refractivity contribution < 1.29 is 17.9 Å². The number of sulfone groups is 1. The van der Waals surface area contributed by atoms with Gasteiger partial charge in [0.05, 0.1) is 16.3 Å². The van der Waals surface area contributed by atoms with Crippen LogP contribution in [0.1, 0.15) is 20.8 Å². The van der Waals surface area contributed by atoms with E-state index in [0.29, 0.717) is 10.2 Å². The first-order chi connectivity index (χ1) is 9.10. The van der Waals surface area contributed by atoms with Crippen LogP contribution in [0.2, 0.25) is 0 Å². The molecule has 0 N–H and O–H groups in total. The molecule has 5 nitrogen and oxygen atoms in total. The molecule has 0 saturated carbocycles. The van der Waals surface area contributed by atoms with Crippen LogP contribution in [0.4, 0.5) is 10.5 Å². The maximum Gasteiger partial charge on any atom is 0.414 e. The Morgan fingerprint density at radius 2 is 2.00 bits per heavy atom. The Balaban J connectivity index is 2.44. The van der Waals surface area contributed by atoms with Gasteiger partial charge in [0.1, 0.15) is 5.60 Å². The molecule has 0 spiro atoms. The number of amides is 1. The third-order valence-electron chi connectivity index (χ3n) is 2.74. The molecule has 0 atom stereocenters. The maximum absolute atomic E-state index is 12.2. The Morgan fingerprint density at radius 3 is 2.60 bits per heavy atom. The quantitative estimate of drug-likeness (QED) is 0.712. The van der Waals surface area contributed by atoms with Crippen LogP contribution in [0.3, 0.4) is 0 Å². The van der Waals surface area contributed by atoms with Crippen LogP contribution >= 0.6 is 15.9 Å². The topological polar surface area (TPSA) is 63.7 Å². The van der Waals surface area contributed by atoms with Crippen LogP contribution in [0.5, 0.6) is 0 Å². The first-order valence-corrected chi connectivity index (χ1v) is 8.57. The average molecular weight is 362 g/mol. The lowest BCUT2D eigenvalue weighted by Gasteiger charge is -2.31. The molecular formula is C13H16BrNO4S. The third kappa shape index (κ3) is 3.15. The minimum Gasteiger partial charge on any atom is -0.443 e. The van der Waals surface area contributed by atoms with E-state index >= 15 is 0 Å². The number of nitrogens with zero attached hydrogens (tertiary/aromatic N) is 1. The molecule has 0 aliphatic carbocycles. The Kier molecular flexibility index (Phi) is 3.85. The highest BCUT2D eigenvalue weighted by molar-refractivity contribution is 9.10. The van der Waals surface area contributed by atoms with Gasteiger partial charge in [-0.3, -0.25) is 4.90 Å². The van der Waals surface area contributed by atoms with Crippen LogP contribution in [0, 0.1) is 0 Å². The Hall–Kier alpha value is -1.08. The normalized spacial score (nSPS) is 17.5. The van der Waals surface area contributed by atoms with Crippen molar-refractivity contribution in [3.05, 3.63) is 22.7 Å². The lowest BCUT2D eigenvalue weighted by molar-refractivity contribution is 0.0581. The number of benzene rings is 1. The SMILES string of the molecule is CC(C)(C)OC(=O)N1CCS(=O)(=O)c2ccc(Br)cc21. The summed E-state index contributed by atoms with van der Waals surface area (Å²) >= 11 is 3.29. The summed E-state index contributed by atoms with van der Waals surface area (Å²) in [5, 5.41) is 0. The molecule has 1 aromatic rings. The Bertz CT molecular complexity index is 649. The van der Waals surface area contributed by atoms with Gasteiger partial charge in [-0.2, -0.15) is 0 Å². The number of ether oxygens (including phenoxy) is 1. The number of halogens is 1. The maximum atomic E-state index is 12.2. The molecule has 1 aliphatic heterocycles. The molecule has 1 heterocycles. The number of hydrogen-bond acceptors (Lipinski definition) is 4. The van der Waals surface area contributed by atoms with Crippen LogP contribution in [-0.2, 0) is 14.6 Å². The number of fused-ring (bicyclic) bond motifs is 1. The highest BCUT2D eigenvalue weighted by Gasteiger charge is 2.33. The van der Waals surface area contributed by atoms with Gasteiger partial charge in [-0.1, -0.05) is 15.9 Å². The molecule has 0 saturated heterocycles. The fourth-order valence-electron chi connectivity index (χ4n) is 1.91. The standard InChI is InChI=1S/C13H16BrNO4S/c1-13(2,3)19-12(16)15-6-7-20(17,18)11-5-4-9(14)8-10(11)15/h4-5,8H,6-7H2,1-3H3. The number of carbonyl (C=O) groups is 1. The number of anilines is 1. The average Bonchev–Trinajstić information content (AvgIpc) is 2.25. The van der Waals surface area contributed by atoms with Crippen molar-refractivity contribution >= 4 is 37.5 Å². The zero-order valence-electron chi connectivity index (χ0n) is 11.5. The summed E-state index contributed by atoms with van der Waals surface area (Å²) in [5.74, 6) is -0.0964. The fourth-order valence-corrected chi connectivity index (χ4v) is 3.67. The molecule has 1 amide bonds. The summed E-state index contributed by atoms with van der Waals surface area (Å²) in [5.41, 5.74) is -0.264. The Morgan fingerprint density at radius 1 is 1.35 bits per heavy atom. The van der Waals surface area contributed by atoms with Gasteiger partial charge in [0.15, 0.2) is 9.84 Å². The van der Waals surface area contributed by atoms with Crippen molar-refractivity contribution in [2.75, 3.05) is 17.2 Å². The highest BCUT2D eigenvalue weighted by Crippen LogP contribution is 2.33. The van der Waals surface area contributed by atoms with E-state index in [0.717, 1.165) is 0 Å². The van der Waals surface area contributed by atoms with Gasteiger partial charge in [0.25, 0.3) is 0 Å². The van der Waals surface area contributed by atoms with Crippen LogP contribution in [0.15, 0.2) is 27.6 Å². The van der Waals surface area contributed by atoms with Gasteiger partial charge in [-0.05, 0) is 39.0 Å². The minimum atomic E-state index is -3.34. The van der Waals surface area contributed by atoms with Crippen LogP contribution < -0.4 is 4.90 Å². The molecule has 110 valence electrons. The smallest absolute Gasteiger partial charge is 0.414 e. The van der Waals surface area contributed by atoms with E-state index in [1.807, 2.05) is 0 Å². The molecule has 1 aromatic carbocycles. The van der Waals surface area contributed by atoms with E-state index in [1.165, 1.54) is 11.0 Å². The highest BCUT2D eigenvalue weighted by atomic mass is 79.9. The summed E-state index contributed by atoms with van der Waals surface area (Å²) in [4.78, 5) is 13.7. The van der Waals surface area contributed by atoms with Gasteiger partial charge >= 0.3 is 6.09 Å². The van der Waals surface area contributed by atoms with Gasteiger partial charge in [0, 0.05) is 11.0 Å². The first kappa shape index (κ1) is 15.3. The predicted molar refractivity (Wildman–Crippen MR) is 79.8 cm³/mol. The molecule has 1 aliphatic rings. The molecule has 2 rings (SSSR count). The minimum absolute atomic E-state index is 0.0964. The molecular weight excluding hydrogens is 346 g/mol. The summed E-state index contributed by atoms with van der Waals surface area (Å²) in [6.45, 7) is 5.41. The van der Waals surface area contributed by atoms with E-state index in [4.69, 9.17) is 4.74 Å². The van der Waals surface area contributed by atoms with Gasteiger partial charge in [-0.25, -0.2) is 13.2 Å². The second kappa shape index (κ2) is 5.04. The number of hydrogen-bond donors (Lipinski definition) is 0. The largest absolute Gasteiger partial charge is 0.443 e. The van der Waals surface area contributed by atoms with Crippen molar-refractivity contribution in [3.8, 4) is 0 Å². The van der Waals surface area contributed by atoms with E-state index < -0.39 is 21.5 Å². The molecule has 0 bridgehead atoms. The fraction of sp³-hybridized carbons (Fsp3) is 0.462. The molecule has 7 heteroatoms. The molecule has 0 aromatic heterocycles. The monoisotopic (exact) mass is 361 g/mol. The first-order valence-electron chi connectivity index (χ1n) is 6.13. The predicted octanol–water partition coefficient (Wildman–Crippen LogP) is 2.98. The summed E-state index contributed by atoms with van der Waals surface area (Å²) in [7, 11) is -3.34. The second-order valence-corrected chi connectivity index (χ2v) is 8.56. The van der Waals surface area contributed by atoms with Crippen molar-refractivity contribution in [2.45, 2.75) is 31.3 Å². The zero-order valence-corrected chi connectivity index (χ0v) is 13.9. The molecule has 20 heavy (non-hydrogen) atoms. The summed E-state index contributed by atoms with van der Waals surface area (Å²) in [6, 6.07) is 4.77. The third-order valence-corrected chi connectivity index (χ3v) is 4.97. The lowest BCUT2D eigenvalue weighted by atomic mass is 10.2. The Labute approximate surface area is 127 Å².